The Morgan fingerprint density at radius 2 is 1.91 bits per heavy atom. The van der Waals surface area contributed by atoms with Gasteiger partial charge in [-0.2, -0.15) is 0 Å². The molecule has 2 aromatic carbocycles. The summed E-state index contributed by atoms with van der Waals surface area (Å²) in [6.07, 6.45) is 4.75. The molecule has 23 heavy (non-hydrogen) atoms. The predicted octanol–water partition coefficient (Wildman–Crippen LogP) is 4.31. The van der Waals surface area contributed by atoms with Crippen LogP contribution in [0.25, 0.3) is 10.8 Å². The van der Waals surface area contributed by atoms with Crippen molar-refractivity contribution in [1.82, 2.24) is 10.0 Å². The molecule has 2 aromatic rings. The van der Waals surface area contributed by atoms with Gasteiger partial charge in [0.15, 0.2) is 0 Å². The highest BCUT2D eigenvalue weighted by molar-refractivity contribution is 7.98. The molecule has 0 spiro atoms. The number of rotatable bonds is 9. The Kier molecular flexibility index (Phi) is 7.43. The topological polar surface area (TPSA) is 41.1 Å². The number of nitrogens with one attached hydrogen (secondary N) is 2. The monoisotopic (exact) mass is 330 g/mol. The second-order valence-electron chi connectivity index (χ2n) is 5.74. The Morgan fingerprint density at radius 3 is 2.70 bits per heavy atom. The molecule has 4 heteroatoms. The number of hydrogen-bond donors (Lipinski definition) is 2. The van der Waals surface area contributed by atoms with Gasteiger partial charge in [0.1, 0.15) is 0 Å². The third-order valence-corrected chi connectivity index (χ3v) is 4.86. The maximum Gasteiger partial charge on any atom is 0.226 e. The maximum atomic E-state index is 11.3. The standard InChI is InChI=1S/C19H26N2OS/c1-3-4-7-13-20-14-12-17-11-10-16-8-5-6-9-18(16)19(17)23-21-15(2)22/h5-6,8-11,20H,3-4,7,12-14H2,1-2H3,(H,21,22). The molecule has 2 rings (SSSR count). The van der Waals surface area contributed by atoms with Crippen molar-refractivity contribution in [2.24, 2.45) is 0 Å². The molecule has 0 radical (unpaired) electrons. The average molecular weight is 330 g/mol. The van der Waals surface area contributed by atoms with Gasteiger partial charge in [-0.3, -0.25) is 9.52 Å². The molecule has 0 fully saturated rings. The van der Waals surface area contributed by atoms with Gasteiger partial charge >= 0.3 is 0 Å². The number of carbonyl (C=O) groups is 1. The Hall–Kier alpha value is -1.52. The molecule has 0 aliphatic rings. The zero-order valence-corrected chi connectivity index (χ0v) is 14.8. The molecule has 0 saturated heterocycles. The minimum atomic E-state index is -0.0217. The normalized spacial score (nSPS) is 10.9. The molecule has 0 saturated carbocycles. The van der Waals surface area contributed by atoms with Crippen LogP contribution in [0.2, 0.25) is 0 Å². The summed E-state index contributed by atoms with van der Waals surface area (Å²) in [7, 11) is 0. The van der Waals surface area contributed by atoms with Crippen molar-refractivity contribution in [2.45, 2.75) is 44.4 Å². The summed E-state index contributed by atoms with van der Waals surface area (Å²) in [4.78, 5) is 12.4. The molecule has 2 N–H and O–H groups in total. The van der Waals surface area contributed by atoms with E-state index in [4.69, 9.17) is 0 Å². The molecular formula is C19H26N2OS. The first-order valence-electron chi connectivity index (χ1n) is 8.37. The maximum absolute atomic E-state index is 11.3. The third-order valence-electron chi connectivity index (χ3n) is 3.79. The summed E-state index contributed by atoms with van der Waals surface area (Å²) < 4.78 is 2.87. The lowest BCUT2D eigenvalue weighted by Gasteiger charge is -2.13. The van der Waals surface area contributed by atoms with Gasteiger partial charge < -0.3 is 5.32 Å². The van der Waals surface area contributed by atoms with Crippen molar-refractivity contribution in [1.29, 1.82) is 0 Å². The Morgan fingerprint density at radius 1 is 1.09 bits per heavy atom. The zero-order valence-electron chi connectivity index (χ0n) is 14.0. The molecule has 0 heterocycles. The van der Waals surface area contributed by atoms with E-state index in [9.17, 15) is 4.79 Å². The molecule has 0 atom stereocenters. The van der Waals surface area contributed by atoms with Gasteiger partial charge in [0.2, 0.25) is 5.91 Å². The van der Waals surface area contributed by atoms with Crippen LogP contribution in [0.1, 0.15) is 38.7 Å². The molecule has 0 aliphatic carbocycles. The Balaban J connectivity index is 2.07. The van der Waals surface area contributed by atoms with Crippen LogP contribution in [0.5, 0.6) is 0 Å². The SMILES string of the molecule is CCCCCNCCc1ccc2ccccc2c1SNC(C)=O. The fraction of sp³-hybridized carbons (Fsp3) is 0.421. The molecule has 0 aliphatic heterocycles. The van der Waals surface area contributed by atoms with Crippen LogP contribution in [0.15, 0.2) is 41.3 Å². The highest BCUT2D eigenvalue weighted by Gasteiger charge is 2.09. The largest absolute Gasteiger partial charge is 0.316 e. The van der Waals surface area contributed by atoms with Crippen LogP contribution >= 0.6 is 11.9 Å². The molecular weight excluding hydrogens is 304 g/mol. The van der Waals surface area contributed by atoms with Crippen LogP contribution in [0, 0.1) is 0 Å². The van der Waals surface area contributed by atoms with E-state index < -0.39 is 0 Å². The van der Waals surface area contributed by atoms with Crippen LogP contribution < -0.4 is 10.0 Å². The number of fused-ring (bicyclic) bond motifs is 1. The fourth-order valence-electron chi connectivity index (χ4n) is 2.58. The van der Waals surface area contributed by atoms with Crippen LogP contribution in [0.4, 0.5) is 0 Å². The number of hydrogen-bond acceptors (Lipinski definition) is 3. The molecule has 1 amide bonds. The summed E-state index contributed by atoms with van der Waals surface area (Å²) >= 11 is 1.43. The van der Waals surface area contributed by atoms with Crippen molar-refractivity contribution < 1.29 is 4.79 Å². The summed E-state index contributed by atoms with van der Waals surface area (Å²) in [6.45, 7) is 5.82. The summed E-state index contributed by atoms with van der Waals surface area (Å²) in [5.74, 6) is -0.0217. The van der Waals surface area contributed by atoms with Crippen molar-refractivity contribution in [3.63, 3.8) is 0 Å². The van der Waals surface area contributed by atoms with E-state index in [1.54, 1.807) is 6.92 Å². The number of carbonyl (C=O) groups excluding carboxylic acids is 1. The summed E-state index contributed by atoms with van der Waals surface area (Å²) in [5, 5.41) is 5.92. The van der Waals surface area contributed by atoms with Crippen molar-refractivity contribution in [2.75, 3.05) is 13.1 Å². The van der Waals surface area contributed by atoms with Crippen molar-refractivity contribution in [3.8, 4) is 0 Å². The highest BCUT2D eigenvalue weighted by atomic mass is 32.2. The number of unbranched alkanes of at least 4 members (excludes halogenated alkanes) is 2. The van der Waals surface area contributed by atoms with Gasteiger partial charge in [-0.05, 0) is 54.2 Å². The van der Waals surface area contributed by atoms with E-state index in [0.717, 1.165) is 24.4 Å². The minimum Gasteiger partial charge on any atom is -0.316 e. The van der Waals surface area contributed by atoms with E-state index in [-0.39, 0.29) is 5.91 Å². The smallest absolute Gasteiger partial charge is 0.226 e. The number of benzene rings is 2. The van der Waals surface area contributed by atoms with Crippen molar-refractivity contribution in [3.05, 3.63) is 42.0 Å². The van der Waals surface area contributed by atoms with E-state index in [1.165, 1.54) is 47.5 Å². The van der Waals surface area contributed by atoms with Gasteiger partial charge in [-0.15, -0.1) is 0 Å². The third kappa shape index (κ3) is 5.56. The molecule has 0 unspecified atom stereocenters. The Labute approximate surface area is 143 Å². The number of amides is 1. The summed E-state index contributed by atoms with van der Waals surface area (Å²) in [6, 6.07) is 12.7. The van der Waals surface area contributed by atoms with E-state index >= 15 is 0 Å². The second-order valence-corrected chi connectivity index (χ2v) is 6.56. The van der Waals surface area contributed by atoms with Crippen molar-refractivity contribution >= 4 is 28.6 Å². The van der Waals surface area contributed by atoms with E-state index in [1.807, 2.05) is 12.1 Å². The molecule has 124 valence electrons. The molecule has 3 nitrogen and oxygen atoms in total. The zero-order chi connectivity index (χ0) is 16.5. The molecule has 0 aromatic heterocycles. The summed E-state index contributed by atoms with van der Waals surface area (Å²) in [5.41, 5.74) is 1.28. The lowest BCUT2D eigenvalue weighted by atomic mass is 10.0. The van der Waals surface area contributed by atoms with Gasteiger partial charge in [0.25, 0.3) is 0 Å². The first kappa shape index (κ1) is 17.8. The van der Waals surface area contributed by atoms with Gasteiger partial charge in [0.05, 0.1) is 0 Å². The van der Waals surface area contributed by atoms with Gasteiger partial charge in [-0.25, -0.2) is 0 Å². The highest BCUT2D eigenvalue weighted by Crippen LogP contribution is 2.30. The predicted molar refractivity (Wildman–Crippen MR) is 99.7 cm³/mol. The lowest BCUT2D eigenvalue weighted by molar-refractivity contribution is -0.117. The lowest BCUT2D eigenvalue weighted by Crippen LogP contribution is -2.19. The van der Waals surface area contributed by atoms with Crippen LogP contribution in [-0.2, 0) is 11.2 Å². The van der Waals surface area contributed by atoms with Crippen LogP contribution in [0.3, 0.4) is 0 Å². The first-order chi connectivity index (χ1) is 11.2. The minimum absolute atomic E-state index is 0.0217. The van der Waals surface area contributed by atoms with Gasteiger partial charge in [-0.1, -0.05) is 56.2 Å². The van der Waals surface area contributed by atoms with Gasteiger partial charge in [0, 0.05) is 11.8 Å². The molecule has 0 bridgehead atoms. The Bertz CT molecular complexity index is 642. The first-order valence-corrected chi connectivity index (χ1v) is 9.18. The quantitative estimate of drug-likeness (QED) is 0.532. The van der Waals surface area contributed by atoms with Crippen LogP contribution in [-0.4, -0.2) is 19.0 Å². The fourth-order valence-corrected chi connectivity index (χ4v) is 3.42. The second kappa shape index (κ2) is 9.58. The van der Waals surface area contributed by atoms with E-state index in [0.29, 0.717) is 0 Å². The average Bonchev–Trinajstić information content (AvgIpc) is 2.56. The van der Waals surface area contributed by atoms with E-state index in [2.05, 4.69) is 41.2 Å².